The first-order valence-corrected chi connectivity index (χ1v) is 11.1. The maximum Gasteiger partial charge on any atom is 0.229 e. The van der Waals surface area contributed by atoms with E-state index in [0.717, 1.165) is 44.6 Å². The van der Waals surface area contributed by atoms with Crippen LogP contribution < -0.4 is 0 Å². The summed E-state index contributed by atoms with van der Waals surface area (Å²) in [7, 11) is 0. The Morgan fingerprint density at radius 2 is 1.81 bits per heavy atom. The number of hydrogen-bond acceptors (Lipinski definition) is 2. The van der Waals surface area contributed by atoms with Gasteiger partial charge < -0.3 is 9.64 Å². The van der Waals surface area contributed by atoms with E-state index in [1.165, 1.54) is 56.1 Å². The highest BCUT2D eigenvalue weighted by atomic mass is 16.5. The van der Waals surface area contributed by atoms with Crippen molar-refractivity contribution in [3.63, 3.8) is 0 Å². The lowest BCUT2D eigenvalue weighted by atomic mass is 9.71. The van der Waals surface area contributed by atoms with Gasteiger partial charge in [0.25, 0.3) is 0 Å². The Morgan fingerprint density at radius 1 is 1.07 bits per heavy atom. The molecule has 2 fully saturated rings. The summed E-state index contributed by atoms with van der Waals surface area (Å²) in [6, 6.07) is 0. The van der Waals surface area contributed by atoms with E-state index in [9.17, 15) is 4.79 Å². The van der Waals surface area contributed by atoms with Crippen LogP contribution in [0.15, 0.2) is 34.4 Å². The Hall–Kier alpha value is -1.35. The van der Waals surface area contributed by atoms with Crippen molar-refractivity contribution in [2.24, 2.45) is 17.8 Å². The zero-order valence-electron chi connectivity index (χ0n) is 17.1. The SMILES string of the molecule is CC1=CC[C@@H](C(=O)N2CCCC2)C=C1C1=C(C)CCC(C2CCOCC2)C1. The number of rotatable bonds is 3. The maximum atomic E-state index is 13.0. The monoisotopic (exact) mass is 369 g/mol. The van der Waals surface area contributed by atoms with Crippen molar-refractivity contribution in [3.8, 4) is 0 Å². The van der Waals surface area contributed by atoms with Gasteiger partial charge in [0.1, 0.15) is 0 Å². The molecule has 2 aliphatic heterocycles. The molecule has 0 saturated carbocycles. The molecule has 2 saturated heterocycles. The fourth-order valence-corrected chi connectivity index (χ4v) is 5.52. The first-order chi connectivity index (χ1) is 13.1. The maximum absolute atomic E-state index is 13.0. The lowest BCUT2D eigenvalue weighted by Gasteiger charge is -2.36. The summed E-state index contributed by atoms with van der Waals surface area (Å²) in [6.07, 6.45) is 14.0. The minimum Gasteiger partial charge on any atom is -0.381 e. The molecule has 27 heavy (non-hydrogen) atoms. The molecule has 0 spiro atoms. The van der Waals surface area contributed by atoms with E-state index >= 15 is 0 Å². The Bertz CT molecular complexity index is 660. The molecule has 1 unspecified atom stereocenters. The fourth-order valence-electron chi connectivity index (χ4n) is 5.52. The number of likely N-dealkylation sites (tertiary alicyclic amines) is 1. The lowest BCUT2D eigenvalue weighted by molar-refractivity contribution is -0.132. The van der Waals surface area contributed by atoms with Crippen LogP contribution in [0.2, 0.25) is 0 Å². The van der Waals surface area contributed by atoms with Crippen LogP contribution in [0.5, 0.6) is 0 Å². The molecule has 1 amide bonds. The van der Waals surface area contributed by atoms with Gasteiger partial charge in [-0.15, -0.1) is 0 Å². The molecule has 0 N–H and O–H groups in total. The fraction of sp³-hybridized carbons (Fsp3) is 0.708. The normalized spacial score (nSPS) is 30.4. The number of allylic oxidation sites excluding steroid dienone is 5. The molecule has 0 radical (unpaired) electrons. The predicted octanol–water partition coefficient (Wildman–Crippen LogP) is 5.04. The molecule has 4 rings (SSSR count). The molecular formula is C24H35NO2. The van der Waals surface area contributed by atoms with Gasteiger partial charge in [0.2, 0.25) is 5.91 Å². The molecule has 3 heteroatoms. The number of hydrogen-bond donors (Lipinski definition) is 0. The average molecular weight is 370 g/mol. The van der Waals surface area contributed by atoms with Crippen LogP contribution in [-0.4, -0.2) is 37.1 Å². The van der Waals surface area contributed by atoms with Gasteiger partial charge in [0, 0.05) is 26.3 Å². The summed E-state index contributed by atoms with van der Waals surface area (Å²) < 4.78 is 5.59. The third-order valence-electron chi connectivity index (χ3n) is 7.33. The highest BCUT2D eigenvalue weighted by Gasteiger charge is 2.32. The Labute approximate surface area is 164 Å². The molecule has 0 aromatic heterocycles. The van der Waals surface area contributed by atoms with Crippen LogP contribution in [0, 0.1) is 17.8 Å². The molecular weight excluding hydrogens is 334 g/mol. The highest BCUT2D eigenvalue weighted by Crippen LogP contribution is 2.43. The summed E-state index contributed by atoms with van der Waals surface area (Å²) in [5.74, 6) is 2.00. The second-order valence-electron chi connectivity index (χ2n) is 9.05. The average Bonchev–Trinajstić information content (AvgIpc) is 3.24. The van der Waals surface area contributed by atoms with Crippen molar-refractivity contribution in [1.82, 2.24) is 4.90 Å². The summed E-state index contributed by atoms with van der Waals surface area (Å²) in [6.45, 7) is 8.33. The Kier molecular flexibility index (Phi) is 5.87. The molecule has 148 valence electrons. The summed E-state index contributed by atoms with van der Waals surface area (Å²) in [5.41, 5.74) is 5.85. The van der Waals surface area contributed by atoms with Crippen LogP contribution >= 0.6 is 0 Å². The first kappa shape index (κ1) is 19.0. The topological polar surface area (TPSA) is 29.5 Å². The van der Waals surface area contributed by atoms with Crippen LogP contribution in [0.3, 0.4) is 0 Å². The third kappa shape index (κ3) is 4.08. The van der Waals surface area contributed by atoms with Crippen LogP contribution in [-0.2, 0) is 9.53 Å². The van der Waals surface area contributed by atoms with Gasteiger partial charge in [0.15, 0.2) is 0 Å². The van der Waals surface area contributed by atoms with E-state index in [0.29, 0.717) is 5.91 Å². The number of nitrogens with zero attached hydrogens (tertiary/aromatic N) is 1. The zero-order valence-corrected chi connectivity index (χ0v) is 17.1. The first-order valence-electron chi connectivity index (χ1n) is 11.1. The van der Waals surface area contributed by atoms with Gasteiger partial charge in [-0.25, -0.2) is 0 Å². The summed E-state index contributed by atoms with van der Waals surface area (Å²) in [4.78, 5) is 15.0. The van der Waals surface area contributed by atoms with Gasteiger partial charge in [-0.1, -0.05) is 17.7 Å². The van der Waals surface area contributed by atoms with Crippen molar-refractivity contribution in [2.45, 2.75) is 65.2 Å². The summed E-state index contributed by atoms with van der Waals surface area (Å²) in [5, 5.41) is 0. The second-order valence-corrected chi connectivity index (χ2v) is 9.05. The molecule has 2 aliphatic carbocycles. The lowest BCUT2D eigenvalue weighted by Crippen LogP contribution is -2.34. The highest BCUT2D eigenvalue weighted by molar-refractivity contribution is 5.82. The van der Waals surface area contributed by atoms with E-state index in [1.54, 1.807) is 11.1 Å². The third-order valence-corrected chi connectivity index (χ3v) is 7.33. The molecule has 4 aliphatic rings. The largest absolute Gasteiger partial charge is 0.381 e. The van der Waals surface area contributed by atoms with Gasteiger partial charge in [-0.3, -0.25) is 4.79 Å². The van der Waals surface area contributed by atoms with E-state index in [1.807, 2.05) is 0 Å². The quantitative estimate of drug-likeness (QED) is 0.697. The number of carbonyl (C=O) groups excluding carboxylic acids is 1. The standard InChI is InChI=1S/C24H35NO2/c1-17-5-7-20(19-9-13-27-14-10-19)15-22(17)23-16-21(8-6-18(23)2)24(26)25-11-3-4-12-25/h6,16,19-21H,3-5,7-15H2,1-2H3/t20?,21-/m1/s1. The van der Waals surface area contributed by atoms with Gasteiger partial charge in [-0.2, -0.15) is 0 Å². The molecule has 0 aromatic rings. The molecule has 2 heterocycles. The van der Waals surface area contributed by atoms with Crippen molar-refractivity contribution in [2.75, 3.05) is 26.3 Å². The minimum atomic E-state index is 0.0468. The number of carbonyl (C=O) groups is 1. The van der Waals surface area contributed by atoms with Crippen molar-refractivity contribution in [1.29, 1.82) is 0 Å². The number of amides is 1. The molecule has 2 atom stereocenters. The smallest absolute Gasteiger partial charge is 0.229 e. The minimum absolute atomic E-state index is 0.0468. The van der Waals surface area contributed by atoms with Crippen LogP contribution in [0.4, 0.5) is 0 Å². The Balaban J connectivity index is 1.53. The van der Waals surface area contributed by atoms with Crippen molar-refractivity contribution in [3.05, 3.63) is 34.4 Å². The molecule has 3 nitrogen and oxygen atoms in total. The van der Waals surface area contributed by atoms with E-state index < -0.39 is 0 Å². The van der Waals surface area contributed by atoms with Crippen molar-refractivity contribution < 1.29 is 9.53 Å². The van der Waals surface area contributed by atoms with Crippen LogP contribution in [0.25, 0.3) is 0 Å². The van der Waals surface area contributed by atoms with E-state index in [4.69, 9.17) is 4.74 Å². The van der Waals surface area contributed by atoms with Gasteiger partial charge in [-0.05, 0) is 93.8 Å². The second kappa shape index (κ2) is 8.34. The van der Waals surface area contributed by atoms with Crippen LogP contribution in [0.1, 0.15) is 65.2 Å². The van der Waals surface area contributed by atoms with E-state index in [-0.39, 0.29) is 5.92 Å². The number of ether oxygens (including phenoxy) is 1. The predicted molar refractivity (Wildman–Crippen MR) is 109 cm³/mol. The summed E-state index contributed by atoms with van der Waals surface area (Å²) >= 11 is 0. The van der Waals surface area contributed by atoms with Gasteiger partial charge >= 0.3 is 0 Å². The van der Waals surface area contributed by atoms with Crippen molar-refractivity contribution >= 4 is 5.91 Å². The van der Waals surface area contributed by atoms with E-state index in [2.05, 4.69) is 30.9 Å². The van der Waals surface area contributed by atoms with Gasteiger partial charge in [0.05, 0.1) is 5.92 Å². The molecule has 0 bridgehead atoms. The zero-order chi connectivity index (χ0) is 18.8. The molecule has 0 aromatic carbocycles. The Morgan fingerprint density at radius 3 is 2.56 bits per heavy atom.